The fraction of sp³-hybridized carbons (Fsp3) is 0.857. The van der Waals surface area contributed by atoms with Crippen LogP contribution in [-0.4, -0.2) is 92.6 Å². The maximum atomic E-state index is 13.6. The summed E-state index contributed by atoms with van der Waals surface area (Å²) in [6, 6.07) is 6.62. The van der Waals surface area contributed by atoms with Crippen LogP contribution in [0.5, 0.6) is 5.75 Å². The Kier molecular flexibility index (Phi) is 19.2. The van der Waals surface area contributed by atoms with Crippen LogP contribution in [0.15, 0.2) is 18.2 Å². The minimum atomic E-state index is -5.55. The number of alkyl halides is 6. The monoisotopic (exact) mass is 873 g/mol. The van der Waals surface area contributed by atoms with Gasteiger partial charge in [-0.15, -0.1) is 0 Å². The number of nitrogens with two attached hydrogens (primary N) is 2. The van der Waals surface area contributed by atoms with Crippen LogP contribution in [0.25, 0.3) is 0 Å². The average Bonchev–Trinajstić information content (AvgIpc) is 3.48. The SMILES string of the molecule is CCCC(OCCCOC1CCC2C3CCc4cc(OCCC(C)(C)SSCCCN(C)CCCC(CON)CON)ccc4C3CCC12C)(C(F)(F)F)C(F)(F)F. The number of hydrogen-bond acceptors (Lipinski definition) is 10. The minimum absolute atomic E-state index is 0.0326. The maximum absolute atomic E-state index is 13.6. The van der Waals surface area contributed by atoms with Gasteiger partial charge in [-0.25, -0.2) is 11.8 Å². The third-order valence-electron chi connectivity index (χ3n) is 12.9. The number of hydrogen-bond donors (Lipinski definition) is 2. The number of benzene rings is 1. The van der Waals surface area contributed by atoms with Crippen LogP contribution < -0.4 is 16.5 Å². The average molecular weight is 874 g/mol. The van der Waals surface area contributed by atoms with Gasteiger partial charge in [0.05, 0.1) is 32.5 Å². The molecule has 3 aliphatic rings. The predicted octanol–water partition coefficient (Wildman–Crippen LogP) is 10.4. The molecule has 4 rings (SSSR count). The second-order valence-electron chi connectivity index (χ2n) is 17.6. The van der Waals surface area contributed by atoms with E-state index in [-0.39, 0.29) is 41.6 Å². The van der Waals surface area contributed by atoms with Gasteiger partial charge >= 0.3 is 12.4 Å². The molecular formula is C42H69F6N3O5S2. The van der Waals surface area contributed by atoms with E-state index in [0.717, 1.165) is 88.8 Å². The van der Waals surface area contributed by atoms with Crippen molar-refractivity contribution in [2.75, 3.05) is 58.9 Å². The van der Waals surface area contributed by atoms with Gasteiger partial charge < -0.3 is 28.8 Å². The molecule has 2 saturated carbocycles. The summed E-state index contributed by atoms with van der Waals surface area (Å²) in [5.74, 6) is 14.1. The van der Waals surface area contributed by atoms with Gasteiger partial charge in [0.2, 0.25) is 0 Å². The highest BCUT2D eigenvalue weighted by molar-refractivity contribution is 8.77. The summed E-state index contributed by atoms with van der Waals surface area (Å²) in [5.41, 5.74) is -1.43. The Labute approximate surface area is 350 Å². The predicted molar refractivity (Wildman–Crippen MR) is 220 cm³/mol. The molecule has 4 N–H and O–H groups in total. The quantitative estimate of drug-likeness (QED) is 0.0405. The first kappa shape index (κ1) is 49.7. The Morgan fingerprint density at radius 1 is 0.897 bits per heavy atom. The highest BCUT2D eigenvalue weighted by Gasteiger charge is 2.71. The van der Waals surface area contributed by atoms with Crippen molar-refractivity contribution in [2.24, 2.45) is 35.0 Å². The maximum Gasteiger partial charge on any atom is 0.426 e. The van der Waals surface area contributed by atoms with E-state index in [1.54, 1.807) is 0 Å². The fourth-order valence-corrected chi connectivity index (χ4v) is 12.4. The summed E-state index contributed by atoms with van der Waals surface area (Å²) in [6.07, 6.45) is -2.69. The molecule has 2 fully saturated rings. The molecule has 1 aromatic carbocycles. The lowest BCUT2D eigenvalue weighted by molar-refractivity contribution is -0.383. The van der Waals surface area contributed by atoms with Crippen LogP contribution in [0.3, 0.4) is 0 Å². The second kappa shape index (κ2) is 22.4. The first-order valence-electron chi connectivity index (χ1n) is 21.2. The van der Waals surface area contributed by atoms with Crippen LogP contribution in [0.4, 0.5) is 26.3 Å². The van der Waals surface area contributed by atoms with Crippen LogP contribution in [-0.2, 0) is 25.6 Å². The molecule has 0 amide bonds. The molecule has 8 nitrogen and oxygen atoms in total. The van der Waals surface area contributed by atoms with E-state index in [1.165, 1.54) is 18.1 Å². The van der Waals surface area contributed by atoms with Crippen LogP contribution >= 0.6 is 21.6 Å². The second-order valence-corrected chi connectivity index (χ2v) is 20.8. The number of rotatable bonds is 26. The lowest BCUT2D eigenvalue weighted by Gasteiger charge is -2.50. The molecule has 0 aromatic heterocycles. The van der Waals surface area contributed by atoms with E-state index >= 15 is 0 Å². The first-order valence-corrected chi connectivity index (χ1v) is 23.5. The summed E-state index contributed by atoms with van der Waals surface area (Å²) >= 11 is 0. The Balaban J connectivity index is 1.17. The summed E-state index contributed by atoms with van der Waals surface area (Å²) in [6.45, 7) is 11.1. The number of halogens is 6. The summed E-state index contributed by atoms with van der Waals surface area (Å²) in [7, 11) is 6.01. The molecule has 0 saturated heterocycles. The smallest absolute Gasteiger partial charge is 0.426 e. The van der Waals surface area contributed by atoms with Crippen molar-refractivity contribution >= 4 is 21.6 Å². The highest BCUT2D eigenvalue weighted by atomic mass is 33.1. The van der Waals surface area contributed by atoms with Crippen molar-refractivity contribution in [3.63, 3.8) is 0 Å². The largest absolute Gasteiger partial charge is 0.494 e. The zero-order valence-electron chi connectivity index (χ0n) is 35.2. The molecule has 0 bridgehead atoms. The molecule has 5 unspecified atom stereocenters. The van der Waals surface area contributed by atoms with Gasteiger partial charge in [0.15, 0.2) is 0 Å². The van der Waals surface area contributed by atoms with Gasteiger partial charge in [-0.05, 0) is 157 Å². The molecule has 0 spiro atoms. The van der Waals surface area contributed by atoms with Gasteiger partial charge in [0.25, 0.3) is 5.60 Å². The molecule has 5 atom stereocenters. The lowest BCUT2D eigenvalue weighted by Crippen LogP contribution is -2.58. The van der Waals surface area contributed by atoms with Gasteiger partial charge in [0, 0.05) is 23.0 Å². The van der Waals surface area contributed by atoms with Crippen LogP contribution in [0.2, 0.25) is 0 Å². The van der Waals surface area contributed by atoms with Gasteiger partial charge in [-0.1, -0.05) is 47.9 Å². The number of nitrogens with zero attached hydrogens (tertiary/aromatic N) is 1. The van der Waals surface area contributed by atoms with Gasteiger partial charge in [-0.2, -0.15) is 26.3 Å². The van der Waals surface area contributed by atoms with E-state index in [4.69, 9.17) is 30.9 Å². The number of ether oxygens (including phenoxy) is 3. The van der Waals surface area contributed by atoms with E-state index in [0.29, 0.717) is 37.6 Å². The summed E-state index contributed by atoms with van der Waals surface area (Å²) < 4.78 is 99.0. The van der Waals surface area contributed by atoms with Crippen molar-refractivity contribution in [3.8, 4) is 5.75 Å². The molecule has 1 aromatic rings. The molecule has 0 radical (unpaired) electrons. The van der Waals surface area contributed by atoms with E-state index in [9.17, 15) is 26.3 Å². The zero-order valence-corrected chi connectivity index (χ0v) is 36.8. The molecule has 0 aliphatic heterocycles. The van der Waals surface area contributed by atoms with Crippen molar-refractivity contribution in [1.29, 1.82) is 0 Å². The fourth-order valence-electron chi connectivity index (χ4n) is 9.74. The molecule has 3 aliphatic carbocycles. The van der Waals surface area contributed by atoms with Crippen molar-refractivity contribution in [1.82, 2.24) is 4.90 Å². The molecule has 58 heavy (non-hydrogen) atoms. The first-order chi connectivity index (χ1) is 27.4. The topological polar surface area (TPSA) is 101 Å². The zero-order chi connectivity index (χ0) is 42.6. The van der Waals surface area contributed by atoms with Crippen LogP contribution in [0, 0.1) is 23.2 Å². The summed E-state index contributed by atoms with van der Waals surface area (Å²) in [4.78, 5) is 11.9. The van der Waals surface area contributed by atoms with Crippen molar-refractivity contribution in [3.05, 3.63) is 29.3 Å². The van der Waals surface area contributed by atoms with Crippen molar-refractivity contribution in [2.45, 2.75) is 146 Å². The molecule has 0 heterocycles. The highest BCUT2D eigenvalue weighted by Crippen LogP contribution is 2.61. The molecule has 336 valence electrons. The Morgan fingerprint density at radius 3 is 2.28 bits per heavy atom. The Hall–Kier alpha value is -0.980. The van der Waals surface area contributed by atoms with Crippen LogP contribution in [0.1, 0.15) is 122 Å². The standard InChI is InChI=1S/C42H69F6N3O5S2/c1-6-18-40(41(43,44)45,42(46,47)48)54-24-9-23-53-37-16-15-36-35-13-11-31-27-32(12-14-33(31)34(35)17-19-39(36,37)4)52-25-20-38(2,3)58-57-26-8-22-51(5)21-7-10-30(28-55-49)29-56-50/h12,14,27,30,34-37H,6-11,13,15-26,28-29,49-50H2,1-5H3. The number of fused-ring (bicyclic) bond motifs is 5. The lowest BCUT2D eigenvalue weighted by atomic mass is 9.55. The molecular weight excluding hydrogens is 805 g/mol. The van der Waals surface area contributed by atoms with Gasteiger partial charge in [0.1, 0.15) is 5.75 Å². The third kappa shape index (κ3) is 13.0. The van der Waals surface area contributed by atoms with E-state index in [2.05, 4.69) is 55.7 Å². The molecule has 16 heteroatoms. The normalized spacial score (nSPS) is 24.0. The van der Waals surface area contributed by atoms with Gasteiger partial charge in [-0.3, -0.25) is 0 Å². The van der Waals surface area contributed by atoms with E-state index < -0.39 is 31.0 Å². The third-order valence-corrected chi connectivity index (χ3v) is 16.4. The minimum Gasteiger partial charge on any atom is -0.494 e. The van der Waals surface area contributed by atoms with E-state index in [1.807, 2.05) is 21.6 Å². The summed E-state index contributed by atoms with van der Waals surface area (Å²) in [5, 5.41) is 0. The number of aryl methyl sites for hydroxylation is 1. The Bertz CT molecular complexity index is 1360. The Morgan fingerprint density at radius 2 is 1.60 bits per heavy atom. The van der Waals surface area contributed by atoms with Crippen molar-refractivity contribution < 1.29 is 50.2 Å².